The topological polar surface area (TPSA) is 89.9 Å². The van der Waals surface area contributed by atoms with Crippen molar-refractivity contribution in [1.29, 1.82) is 0 Å². The van der Waals surface area contributed by atoms with E-state index in [0.717, 1.165) is 56.7 Å². The van der Waals surface area contributed by atoms with Gasteiger partial charge in [-0.1, -0.05) is 0 Å². The van der Waals surface area contributed by atoms with Crippen molar-refractivity contribution in [2.24, 2.45) is 0 Å². The summed E-state index contributed by atoms with van der Waals surface area (Å²) in [5, 5.41) is 1.16. The van der Waals surface area contributed by atoms with Gasteiger partial charge in [0.1, 0.15) is 16.2 Å². The molecule has 2 saturated carbocycles. The molecule has 0 bridgehead atoms. The minimum atomic E-state index is -0.378. The second kappa shape index (κ2) is 6.49. The molecule has 1 N–H and O–H groups in total. The average Bonchev–Trinajstić information content (AvgIpc) is 3.53. The summed E-state index contributed by atoms with van der Waals surface area (Å²) < 4.78 is 7.49. The number of thioether (sulfide) groups is 1. The molecule has 26 heavy (non-hydrogen) atoms. The van der Waals surface area contributed by atoms with Gasteiger partial charge in [0, 0.05) is 24.3 Å². The van der Waals surface area contributed by atoms with Gasteiger partial charge in [0.05, 0.1) is 6.10 Å². The number of ether oxygens (including phenoxy) is 1. The highest BCUT2D eigenvalue weighted by molar-refractivity contribution is 7.99. The van der Waals surface area contributed by atoms with E-state index in [1.54, 1.807) is 16.3 Å². The van der Waals surface area contributed by atoms with Gasteiger partial charge in [0.2, 0.25) is 0 Å². The molecule has 0 amide bonds. The molecule has 2 aromatic rings. The maximum absolute atomic E-state index is 12.6. The summed E-state index contributed by atoms with van der Waals surface area (Å²) in [6.07, 6.45) is 7.65. The molecule has 1 unspecified atom stereocenters. The number of aromatic nitrogens is 4. The first kappa shape index (κ1) is 16.5. The fraction of sp³-hybridized carbons (Fsp3) is 0.667. The second-order valence-electron chi connectivity index (χ2n) is 7.52. The van der Waals surface area contributed by atoms with E-state index in [1.807, 2.05) is 0 Å². The molecular formula is C18H22N4O3S. The summed E-state index contributed by atoms with van der Waals surface area (Å²) in [7, 11) is 0. The number of aromatic amines is 1. The highest BCUT2D eigenvalue weighted by Crippen LogP contribution is 2.41. The third-order valence-corrected chi connectivity index (χ3v) is 6.41. The molecule has 1 saturated heterocycles. The minimum Gasteiger partial charge on any atom is -0.377 e. The molecule has 0 aromatic carbocycles. The Balaban J connectivity index is 1.60. The van der Waals surface area contributed by atoms with Crippen LogP contribution in [0.3, 0.4) is 0 Å². The first-order valence-corrected chi connectivity index (χ1v) is 10.5. The average molecular weight is 374 g/mol. The van der Waals surface area contributed by atoms with Gasteiger partial charge in [0.15, 0.2) is 5.65 Å². The van der Waals surface area contributed by atoms with Crippen LogP contribution in [0.4, 0.5) is 0 Å². The van der Waals surface area contributed by atoms with Gasteiger partial charge in [-0.05, 0) is 44.9 Å². The largest absolute Gasteiger partial charge is 0.377 e. The van der Waals surface area contributed by atoms with E-state index >= 15 is 0 Å². The van der Waals surface area contributed by atoms with Gasteiger partial charge in [0.25, 0.3) is 5.56 Å². The minimum absolute atomic E-state index is 0.156. The lowest BCUT2D eigenvalue weighted by Gasteiger charge is -2.22. The lowest BCUT2D eigenvalue weighted by molar-refractivity contribution is 0.0315. The highest BCUT2D eigenvalue weighted by atomic mass is 32.2. The quantitative estimate of drug-likeness (QED) is 0.638. The molecule has 8 heteroatoms. The molecular weight excluding hydrogens is 352 g/mol. The van der Waals surface area contributed by atoms with Crippen LogP contribution < -0.4 is 11.2 Å². The zero-order chi connectivity index (χ0) is 17.7. The fourth-order valence-corrected chi connectivity index (χ4v) is 4.64. The van der Waals surface area contributed by atoms with Crippen LogP contribution in [0.2, 0.25) is 0 Å². The fourth-order valence-electron chi connectivity index (χ4n) is 3.54. The van der Waals surface area contributed by atoms with E-state index in [1.165, 1.54) is 6.42 Å². The van der Waals surface area contributed by atoms with Gasteiger partial charge in [-0.3, -0.25) is 14.3 Å². The van der Waals surface area contributed by atoms with Crippen molar-refractivity contribution < 1.29 is 4.74 Å². The monoisotopic (exact) mass is 374 g/mol. The molecule has 1 atom stereocenters. The van der Waals surface area contributed by atoms with Crippen molar-refractivity contribution in [3.05, 3.63) is 26.7 Å². The SMILES string of the molecule is O=c1[nH]c(=O)n(C2CC2)c2nc(C3CC3)nc(SCC3CCCCO3)c12. The van der Waals surface area contributed by atoms with Crippen molar-refractivity contribution in [3.63, 3.8) is 0 Å². The van der Waals surface area contributed by atoms with E-state index in [4.69, 9.17) is 9.72 Å². The van der Waals surface area contributed by atoms with Crippen LogP contribution >= 0.6 is 11.8 Å². The molecule has 3 fully saturated rings. The van der Waals surface area contributed by atoms with Crippen LogP contribution in [-0.4, -0.2) is 38.0 Å². The summed E-state index contributed by atoms with van der Waals surface area (Å²) in [5.41, 5.74) is -0.210. The predicted octanol–water partition coefficient (Wildman–Crippen LogP) is 2.35. The van der Waals surface area contributed by atoms with Crippen LogP contribution in [0, 0.1) is 0 Å². The van der Waals surface area contributed by atoms with E-state index in [9.17, 15) is 9.59 Å². The Labute approximate surface area is 154 Å². The zero-order valence-electron chi connectivity index (χ0n) is 14.6. The normalized spacial score (nSPS) is 23.5. The van der Waals surface area contributed by atoms with Crippen molar-refractivity contribution in [1.82, 2.24) is 19.5 Å². The second-order valence-corrected chi connectivity index (χ2v) is 8.53. The molecule has 138 valence electrons. The highest BCUT2D eigenvalue weighted by Gasteiger charge is 2.32. The summed E-state index contributed by atoms with van der Waals surface area (Å²) in [6.45, 7) is 0.810. The predicted molar refractivity (Wildman–Crippen MR) is 99.0 cm³/mol. The third-order valence-electron chi connectivity index (χ3n) is 5.30. The summed E-state index contributed by atoms with van der Waals surface area (Å²) >= 11 is 1.57. The number of H-pyrrole nitrogens is 1. The molecule has 1 aliphatic heterocycles. The summed E-state index contributed by atoms with van der Waals surface area (Å²) in [6, 6.07) is 0.156. The lowest BCUT2D eigenvalue weighted by atomic mass is 10.1. The number of rotatable bonds is 5. The van der Waals surface area contributed by atoms with Crippen molar-refractivity contribution in [2.75, 3.05) is 12.4 Å². The van der Waals surface area contributed by atoms with Gasteiger partial charge in [-0.25, -0.2) is 14.8 Å². The Morgan fingerprint density at radius 3 is 2.65 bits per heavy atom. The molecule has 7 nitrogen and oxygen atoms in total. The van der Waals surface area contributed by atoms with Crippen molar-refractivity contribution >= 4 is 22.8 Å². The van der Waals surface area contributed by atoms with Gasteiger partial charge >= 0.3 is 5.69 Å². The van der Waals surface area contributed by atoms with Crippen LogP contribution in [-0.2, 0) is 4.74 Å². The van der Waals surface area contributed by atoms with Crippen molar-refractivity contribution in [3.8, 4) is 0 Å². The Hall–Kier alpha value is -1.67. The smallest absolute Gasteiger partial charge is 0.330 e. The Kier molecular flexibility index (Phi) is 4.12. The van der Waals surface area contributed by atoms with E-state index < -0.39 is 0 Å². The van der Waals surface area contributed by atoms with E-state index in [-0.39, 0.29) is 23.4 Å². The number of hydrogen-bond acceptors (Lipinski definition) is 6. The Morgan fingerprint density at radius 1 is 1.12 bits per heavy atom. The first-order valence-electron chi connectivity index (χ1n) is 9.51. The zero-order valence-corrected chi connectivity index (χ0v) is 15.4. The van der Waals surface area contributed by atoms with Gasteiger partial charge in [-0.15, -0.1) is 11.8 Å². The summed E-state index contributed by atoms with van der Waals surface area (Å²) in [5.74, 6) is 1.92. The van der Waals surface area contributed by atoms with Crippen molar-refractivity contribution in [2.45, 2.75) is 68.0 Å². The number of nitrogens with zero attached hydrogens (tertiary/aromatic N) is 3. The molecule has 0 spiro atoms. The maximum atomic E-state index is 12.6. The molecule has 3 aliphatic rings. The van der Waals surface area contributed by atoms with Crippen LogP contribution in [0.15, 0.2) is 14.6 Å². The Morgan fingerprint density at radius 2 is 1.96 bits per heavy atom. The van der Waals surface area contributed by atoms with Crippen LogP contribution in [0.25, 0.3) is 11.0 Å². The van der Waals surface area contributed by atoms with Crippen LogP contribution in [0.5, 0.6) is 0 Å². The summed E-state index contributed by atoms with van der Waals surface area (Å²) in [4.78, 5) is 36.8. The van der Waals surface area contributed by atoms with E-state index in [2.05, 4.69) is 9.97 Å². The number of hydrogen-bond donors (Lipinski definition) is 1. The Bertz CT molecular complexity index is 955. The molecule has 3 heterocycles. The molecule has 2 aromatic heterocycles. The molecule has 5 rings (SSSR count). The standard InChI is InChI=1S/C18H22N4O3S/c23-16-13-15(22(11-6-7-11)18(24)21-16)19-14(10-4-5-10)20-17(13)26-9-12-3-1-2-8-25-12/h10-12H,1-9H2,(H,21,23,24). The van der Waals surface area contributed by atoms with Crippen LogP contribution in [0.1, 0.15) is 62.7 Å². The van der Waals surface area contributed by atoms with Gasteiger partial charge in [-0.2, -0.15) is 0 Å². The first-order chi connectivity index (χ1) is 12.7. The maximum Gasteiger partial charge on any atom is 0.330 e. The molecule has 0 radical (unpaired) electrons. The van der Waals surface area contributed by atoms with E-state index in [0.29, 0.717) is 22.0 Å². The third kappa shape index (κ3) is 3.09. The lowest BCUT2D eigenvalue weighted by Crippen LogP contribution is -2.31. The number of nitrogens with one attached hydrogen (secondary N) is 1. The van der Waals surface area contributed by atoms with Gasteiger partial charge < -0.3 is 4.74 Å². The number of fused-ring (bicyclic) bond motifs is 1. The molecule has 2 aliphatic carbocycles.